The van der Waals surface area contributed by atoms with Gasteiger partial charge in [-0.2, -0.15) is 0 Å². The van der Waals surface area contributed by atoms with Gasteiger partial charge >= 0.3 is 5.97 Å². The lowest BCUT2D eigenvalue weighted by atomic mass is 9.41. The van der Waals surface area contributed by atoms with Gasteiger partial charge in [-0.25, -0.2) is 0 Å². The summed E-state index contributed by atoms with van der Waals surface area (Å²) in [5, 5.41) is 42.9. The van der Waals surface area contributed by atoms with Crippen LogP contribution in [0.2, 0.25) is 0 Å². The van der Waals surface area contributed by atoms with E-state index in [-0.39, 0.29) is 53.1 Å². The molecule has 0 bridgehead atoms. The van der Waals surface area contributed by atoms with E-state index >= 15 is 0 Å². The number of aliphatic hydroxyl groups excluding tert-OH is 3. The summed E-state index contributed by atoms with van der Waals surface area (Å²) < 4.78 is 0. The van der Waals surface area contributed by atoms with Crippen LogP contribution >= 0.6 is 0 Å². The zero-order chi connectivity index (χ0) is 22.7. The zero-order valence-electron chi connectivity index (χ0n) is 19.8. The summed E-state index contributed by atoms with van der Waals surface area (Å²) in [5.74, 6) is 1.13. The predicted octanol–water partition coefficient (Wildman–Crippen LogP) is 4.08. The quantitative estimate of drug-likeness (QED) is 0.520. The van der Waals surface area contributed by atoms with Gasteiger partial charge in [-0.05, 0) is 97.2 Å². The van der Waals surface area contributed by atoms with Crippen LogP contribution in [0, 0.1) is 52.3 Å². The van der Waals surface area contributed by atoms with E-state index in [1.807, 2.05) is 0 Å². The Balaban J connectivity index is 1.66. The summed E-state index contributed by atoms with van der Waals surface area (Å²) in [6, 6.07) is 0. The Bertz CT molecular complexity index is 681. The van der Waals surface area contributed by atoms with Crippen molar-refractivity contribution in [3.05, 3.63) is 0 Å². The fraction of sp³-hybridized carbons (Fsp3) is 0.962. The molecule has 31 heavy (non-hydrogen) atoms. The lowest BCUT2D eigenvalue weighted by molar-refractivity contribution is -0.228. The van der Waals surface area contributed by atoms with Gasteiger partial charge in [0.25, 0.3) is 0 Å². The molecule has 0 spiro atoms. The summed E-state index contributed by atoms with van der Waals surface area (Å²) in [5.41, 5.74) is -0.186. The summed E-state index contributed by atoms with van der Waals surface area (Å²) in [4.78, 5) is 11.1. The maximum Gasteiger partial charge on any atom is 0.303 e. The molecular formula is C26H44O5. The van der Waals surface area contributed by atoms with Crippen LogP contribution < -0.4 is 0 Å². The average molecular weight is 437 g/mol. The number of aliphatic hydroxyl groups is 3. The SMILES string of the molecule is CC[C@@H]1C2C[C@H](O)CCC2(C)C2C[C@H](O)C3(C)C(CCC3[C@H](C)CCC(=O)O)C2[C@@H]1O. The number of carboxylic acid groups (broad SMARTS) is 1. The molecule has 7 unspecified atom stereocenters. The zero-order valence-corrected chi connectivity index (χ0v) is 19.8. The molecule has 0 aromatic carbocycles. The van der Waals surface area contributed by atoms with Gasteiger partial charge in [-0.15, -0.1) is 0 Å². The normalized spacial score (nSPS) is 52.7. The maximum atomic E-state index is 11.7. The first-order chi connectivity index (χ1) is 14.6. The number of hydrogen-bond donors (Lipinski definition) is 4. The van der Waals surface area contributed by atoms with Crippen molar-refractivity contribution in [2.24, 2.45) is 52.3 Å². The molecule has 0 aliphatic heterocycles. The van der Waals surface area contributed by atoms with Gasteiger partial charge in [-0.1, -0.05) is 34.1 Å². The molecule has 0 aromatic rings. The number of fused-ring (bicyclic) bond motifs is 5. The van der Waals surface area contributed by atoms with Crippen molar-refractivity contribution in [3.63, 3.8) is 0 Å². The second-order valence-corrected chi connectivity index (χ2v) is 12.1. The Hall–Kier alpha value is -0.650. The van der Waals surface area contributed by atoms with Gasteiger partial charge in [0.15, 0.2) is 0 Å². The second-order valence-electron chi connectivity index (χ2n) is 12.1. The highest BCUT2D eigenvalue weighted by Crippen LogP contribution is 2.69. The number of hydrogen-bond acceptors (Lipinski definition) is 4. The summed E-state index contributed by atoms with van der Waals surface area (Å²) in [7, 11) is 0. The standard InChI is InChI=1S/C26H44O5/c1-5-16-19-12-15(27)10-11-25(19,3)20-13-21(28)26(4)17(14(2)6-9-22(29)30)7-8-18(26)23(20)24(16)31/h14-21,23-24,27-28,31H,5-13H2,1-4H3,(H,29,30)/t14-,15-,16-,17?,18?,19?,20?,21+,23?,24-,25?,26?/m1/s1. The fourth-order valence-corrected chi connectivity index (χ4v) is 9.44. The van der Waals surface area contributed by atoms with E-state index in [0.717, 1.165) is 44.9 Å². The van der Waals surface area contributed by atoms with Crippen molar-refractivity contribution in [2.75, 3.05) is 0 Å². The van der Waals surface area contributed by atoms with Crippen LogP contribution in [0.15, 0.2) is 0 Å². The summed E-state index contributed by atoms with van der Waals surface area (Å²) >= 11 is 0. The average Bonchev–Trinajstić information content (AvgIpc) is 3.07. The van der Waals surface area contributed by atoms with Crippen molar-refractivity contribution in [1.29, 1.82) is 0 Å². The number of rotatable bonds is 5. The van der Waals surface area contributed by atoms with E-state index < -0.39 is 12.1 Å². The third-order valence-corrected chi connectivity index (χ3v) is 11.1. The third-order valence-electron chi connectivity index (χ3n) is 11.1. The minimum atomic E-state index is -0.747. The molecule has 4 aliphatic rings. The molecule has 0 amide bonds. The minimum Gasteiger partial charge on any atom is -0.481 e. The first-order valence-electron chi connectivity index (χ1n) is 12.8. The van der Waals surface area contributed by atoms with Gasteiger partial charge in [0.05, 0.1) is 18.3 Å². The Morgan fingerprint density at radius 1 is 1.03 bits per heavy atom. The molecule has 4 saturated carbocycles. The number of carboxylic acids is 1. The van der Waals surface area contributed by atoms with E-state index in [1.165, 1.54) is 0 Å². The molecule has 0 radical (unpaired) electrons. The Morgan fingerprint density at radius 3 is 2.39 bits per heavy atom. The van der Waals surface area contributed by atoms with E-state index in [9.17, 15) is 20.1 Å². The van der Waals surface area contributed by atoms with Gasteiger partial charge in [0.2, 0.25) is 0 Å². The van der Waals surface area contributed by atoms with Gasteiger partial charge < -0.3 is 20.4 Å². The molecule has 5 heteroatoms. The van der Waals surface area contributed by atoms with Crippen molar-refractivity contribution < 1.29 is 25.2 Å². The first kappa shape index (κ1) is 23.5. The highest BCUT2D eigenvalue weighted by Gasteiger charge is 2.67. The molecule has 4 fully saturated rings. The van der Waals surface area contributed by atoms with Crippen molar-refractivity contribution in [2.45, 2.75) is 104 Å². The van der Waals surface area contributed by atoms with Crippen LogP contribution in [0.3, 0.4) is 0 Å². The molecule has 4 rings (SSSR count). The molecule has 4 N–H and O–H groups in total. The minimum absolute atomic E-state index is 0.0686. The van der Waals surface area contributed by atoms with Crippen LogP contribution in [0.1, 0.15) is 85.5 Å². The maximum absolute atomic E-state index is 11.7. The molecule has 0 saturated heterocycles. The van der Waals surface area contributed by atoms with E-state index in [0.29, 0.717) is 24.2 Å². The van der Waals surface area contributed by atoms with Crippen molar-refractivity contribution in [1.82, 2.24) is 0 Å². The van der Waals surface area contributed by atoms with Crippen molar-refractivity contribution in [3.8, 4) is 0 Å². The number of aliphatic carboxylic acids is 1. The van der Waals surface area contributed by atoms with Crippen LogP contribution in [0.25, 0.3) is 0 Å². The van der Waals surface area contributed by atoms with E-state index in [1.54, 1.807) is 0 Å². The highest BCUT2D eigenvalue weighted by atomic mass is 16.4. The largest absolute Gasteiger partial charge is 0.481 e. The molecule has 178 valence electrons. The van der Waals surface area contributed by atoms with Crippen LogP contribution in [-0.4, -0.2) is 44.7 Å². The first-order valence-corrected chi connectivity index (χ1v) is 12.8. The third kappa shape index (κ3) is 3.49. The monoisotopic (exact) mass is 436 g/mol. The molecule has 0 heterocycles. The smallest absolute Gasteiger partial charge is 0.303 e. The van der Waals surface area contributed by atoms with Crippen LogP contribution in [0.4, 0.5) is 0 Å². The predicted molar refractivity (Wildman–Crippen MR) is 119 cm³/mol. The lowest BCUT2D eigenvalue weighted by Crippen LogP contribution is -2.65. The van der Waals surface area contributed by atoms with Gasteiger partial charge in [0.1, 0.15) is 0 Å². The molecular weight excluding hydrogens is 392 g/mol. The topological polar surface area (TPSA) is 98.0 Å². The molecule has 12 atom stereocenters. The Labute approximate surface area is 187 Å². The van der Waals surface area contributed by atoms with Crippen LogP contribution in [0.5, 0.6) is 0 Å². The summed E-state index contributed by atoms with van der Waals surface area (Å²) in [6.07, 6.45) is 6.09. The Kier molecular flexibility index (Phi) is 6.28. The van der Waals surface area contributed by atoms with Gasteiger partial charge in [-0.3, -0.25) is 4.79 Å². The summed E-state index contributed by atoms with van der Waals surface area (Å²) in [6.45, 7) is 8.96. The van der Waals surface area contributed by atoms with E-state index in [2.05, 4.69) is 27.7 Å². The Morgan fingerprint density at radius 2 is 1.74 bits per heavy atom. The van der Waals surface area contributed by atoms with Crippen LogP contribution in [-0.2, 0) is 4.79 Å². The second kappa shape index (κ2) is 8.29. The molecule has 0 aromatic heterocycles. The molecule has 5 nitrogen and oxygen atoms in total. The number of carbonyl (C=O) groups is 1. The van der Waals surface area contributed by atoms with E-state index in [4.69, 9.17) is 5.11 Å². The lowest BCUT2D eigenvalue weighted by Gasteiger charge is -2.65. The van der Waals surface area contributed by atoms with Crippen molar-refractivity contribution >= 4 is 5.97 Å². The molecule has 4 aliphatic carbocycles. The fourth-order valence-electron chi connectivity index (χ4n) is 9.44. The van der Waals surface area contributed by atoms with Gasteiger partial charge in [0, 0.05) is 6.42 Å². The highest BCUT2D eigenvalue weighted by molar-refractivity contribution is 5.66.